The molecule has 0 aliphatic carbocycles. The van der Waals surface area contributed by atoms with E-state index < -0.39 is 0 Å². The van der Waals surface area contributed by atoms with Gasteiger partial charge in [-0.1, -0.05) is 0 Å². The van der Waals surface area contributed by atoms with Gasteiger partial charge in [-0.3, -0.25) is 14.4 Å². The van der Waals surface area contributed by atoms with E-state index in [0.717, 1.165) is 5.75 Å². The summed E-state index contributed by atoms with van der Waals surface area (Å²) in [5.41, 5.74) is 3.32. The van der Waals surface area contributed by atoms with E-state index in [2.05, 4.69) is 10.5 Å². The number of piperazine rings is 1. The monoisotopic (exact) mass is 372 g/mol. The topological polar surface area (TPSA) is 91.3 Å². The Morgan fingerprint density at radius 2 is 1.59 bits per heavy atom. The molecule has 0 saturated carbocycles. The summed E-state index contributed by atoms with van der Waals surface area (Å²) in [6.07, 6.45) is 0.716. The van der Waals surface area contributed by atoms with Gasteiger partial charge >= 0.3 is 0 Å². The van der Waals surface area contributed by atoms with Crippen molar-refractivity contribution in [1.82, 2.24) is 15.2 Å². The Kier molecular flexibility index (Phi) is 5.73. The van der Waals surface area contributed by atoms with Gasteiger partial charge in [0.25, 0.3) is 11.8 Å². The molecule has 0 unspecified atom stereocenters. The number of hydrogen-bond acceptors (Lipinski definition) is 5. The summed E-state index contributed by atoms with van der Waals surface area (Å²) >= 11 is 0. The Bertz CT molecular complexity index is 749. The maximum atomic E-state index is 12.7. The Labute approximate surface area is 158 Å². The first kappa shape index (κ1) is 18.9. The summed E-state index contributed by atoms with van der Waals surface area (Å²) in [6.45, 7) is 5.74. The van der Waals surface area contributed by atoms with Crippen molar-refractivity contribution in [3.05, 3.63) is 29.8 Å². The molecule has 3 rings (SSSR count). The molecule has 8 nitrogen and oxygen atoms in total. The van der Waals surface area contributed by atoms with Crippen LogP contribution in [0, 0.1) is 0 Å². The van der Waals surface area contributed by atoms with E-state index >= 15 is 0 Å². The lowest BCUT2D eigenvalue weighted by atomic mass is 10.1. The quantitative estimate of drug-likeness (QED) is 0.854. The van der Waals surface area contributed by atoms with Gasteiger partial charge in [0.1, 0.15) is 11.5 Å². The van der Waals surface area contributed by atoms with E-state index in [9.17, 15) is 14.4 Å². The van der Waals surface area contributed by atoms with Crippen LogP contribution in [0.4, 0.5) is 0 Å². The summed E-state index contributed by atoms with van der Waals surface area (Å²) in [5.74, 6) is 0.335. The Hall–Kier alpha value is -2.90. The molecule has 0 radical (unpaired) electrons. The number of hydrogen-bond donors (Lipinski definition) is 1. The highest BCUT2D eigenvalue weighted by Gasteiger charge is 2.28. The molecule has 2 aliphatic rings. The minimum Gasteiger partial charge on any atom is -0.491 e. The van der Waals surface area contributed by atoms with Crippen LogP contribution in [0.3, 0.4) is 0 Å². The van der Waals surface area contributed by atoms with Gasteiger partial charge in [-0.2, -0.15) is 5.10 Å². The number of ether oxygens (including phenoxy) is 1. The molecule has 0 atom stereocenters. The first-order valence-electron chi connectivity index (χ1n) is 9.14. The zero-order valence-corrected chi connectivity index (χ0v) is 15.6. The van der Waals surface area contributed by atoms with Gasteiger partial charge in [0.2, 0.25) is 5.91 Å². The minimum absolute atomic E-state index is 0.0551. The molecule has 1 N–H and O–H groups in total. The lowest BCUT2D eigenvalue weighted by Gasteiger charge is -2.35. The van der Waals surface area contributed by atoms with Crippen molar-refractivity contribution in [2.75, 3.05) is 26.2 Å². The zero-order chi connectivity index (χ0) is 19.4. The van der Waals surface area contributed by atoms with E-state index in [-0.39, 0.29) is 30.2 Å². The van der Waals surface area contributed by atoms with Gasteiger partial charge in [0, 0.05) is 44.6 Å². The molecule has 0 bridgehead atoms. The molecule has 2 heterocycles. The van der Waals surface area contributed by atoms with Gasteiger partial charge < -0.3 is 14.5 Å². The fourth-order valence-corrected chi connectivity index (χ4v) is 3.05. The predicted molar refractivity (Wildman–Crippen MR) is 99.5 cm³/mol. The second-order valence-electron chi connectivity index (χ2n) is 6.87. The second kappa shape index (κ2) is 8.20. The molecule has 2 aliphatic heterocycles. The van der Waals surface area contributed by atoms with Crippen LogP contribution in [-0.4, -0.2) is 65.5 Å². The lowest BCUT2D eigenvalue weighted by Crippen LogP contribution is -2.52. The average Bonchev–Trinajstić information content (AvgIpc) is 2.68. The number of amides is 3. The standard InChI is InChI=1S/C19H24N4O4/c1-13(2)27-15-5-3-14(4-6-15)18(25)22-9-11-23(12-10-22)19(26)16-7-8-17(24)21-20-16/h3-6,13H,7-12H2,1-2H3,(H,21,24). The third kappa shape index (κ3) is 4.64. The Balaban J connectivity index is 1.54. The molecule has 0 spiro atoms. The largest absolute Gasteiger partial charge is 0.491 e. The smallest absolute Gasteiger partial charge is 0.270 e. The number of carbonyl (C=O) groups excluding carboxylic acids is 3. The number of hydrazone groups is 1. The summed E-state index contributed by atoms with van der Waals surface area (Å²) in [5, 5.41) is 3.85. The van der Waals surface area contributed by atoms with Crippen LogP contribution < -0.4 is 10.2 Å². The van der Waals surface area contributed by atoms with Crippen LogP contribution in [0.5, 0.6) is 5.75 Å². The maximum absolute atomic E-state index is 12.7. The maximum Gasteiger partial charge on any atom is 0.270 e. The van der Waals surface area contributed by atoms with Crippen LogP contribution in [0.25, 0.3) is 0 Å². The van der Waals surface area contributed by atoms with Crippen LogP contribution in [-0.2, 0) is 9.59 Å². The molecule has 8 heteroatoms. The molecule has 3 amide bonds. The second-order valence-corrected chi connectivity index (χ2v) is 6.87. The molecular weight excluding hydrogens is 348 g/mol. The van der Waals surface area contributed by atoms with Crippen molar-refractivity contribution < 1.29 is 19.1 Å². The van der Waals surface area contributed by atoms with Crippen LogP contribution in [0.2, 0.25) is 0 Å². The number of nitrogens with one attached hydrogen (secondary N) is 1. The van der Waals surface area contributed by atoms with E-state index in [1.165, 1.54) is 0 Å². The molecule has 1 aromatic rings. The van der Waals surface area contributed by atoms with Gasteiger partial charge in [-0.05, 0) is 38.1 Å². The van der Waals surface area contributed by atoms with Crippen molar-refractivity contribution in [3.8, 4) is 5.75 Å². The van der Waals surface area contributed by atoms with Crippen LogP contribution in [0.1, 0.15) is 37.0 Å². The molecule has 1 aromatic carbocycles. The molecule has 144 valence electrons. The van der Waals surface area contributed by atoms with Crippen LogP contribution in [0.15, 0.2) is 29.4 Å². The number of nitrogens with zero attached hydrogens (tertiary/aromatic N) is 3. The molecular formula is C19H24N4O4. The molecule has 27 heavy (non-hydrogen) atoms. The van der Waals surface area contributed by atoms with Crippen LogP contribution >= 0.6 is 0 Å². The summed E-state index contributed by atoms with van der Waals surface area (Å²) in [7, 11) is 0. The third-order valence-corrected chi connectivity index (χ3v) is 4.48. The first-order valence-corrected chi connectivity index (χ1v) is 9.14. The number of rotatable bonds is 4. The minimum atomic E-state index is -0.174. The SMILES string of the molecule is CC(C)Oc1ccc(C(=O)N2CCN(C(=O)C3=NNC(=O)CC3)CC2)cc1. The van der Waals surface area contributed by atoms with E-state index in [1.807, 2.05) is 13.8 Å². The van der Waals surface area contributed by atoms with E-state index in [4.69, 9.17) is 4.74 Å². The summed E-state index contributed by atoms with van der Waals surface area (Å²) < 4.78 is 5.59. The van der Waals surface area contributed by atoms with Crippen molar-refractivity contribution in [2.45, 2.75) is 32.8 Å². The van der Waals surface area contributed by atoms with Crippen molar-refractivity contribution >= 4 is 23.4 Å². The highest BCUT2D eigenvalue weighted by Crippen LogP contribution is 2.16. The summed E-state index contributed by atoms with van der Waals surface area (Å²) in [4.78, 5) is 39.7. The number of benzene rings is 1. The van der Waals surface area contributed by atoms with Crippen molar-refractivity contribution in [3.63, 3.8) is 0 Å². The first-order chi connectivity index (χ1) is 12.9. The average molecular weight is 372 g/mol. The fourth-order valence-electron chi connectivity index (χ4n) is 3.05. The zero-order valence-electron chi connectivity index (χ0n) is 15.6. The van der Waals surface area contributed by atoms with Gasteiger partial charge in [0.05, 0.1) is 6.10 Å². The van der Waals surface area contributed by atoms with Gasteiger partial charge in [-0.15, -0.1) is 0 Å². The number of carbonyl (C=O) groups is 3. The molecule has 0 aromatic heterocycles. The summed E-state index contributed by atoms with van der Waals surface area (Å²) in [6, 6.07) is 7.11. The fraction of sp³-hybridized carbons (Fsp3) is 0.474. The normalized spacial score (nSPS) is 17.4. The molecule has 1 fully saturated rings. The van der Waals surface area contributed by atoms with E-state index in [1.54, 1.807) is 34.1 Å². The highest BCUT2D eigenvalue weighted by atomic mass is 16.5. The lowest BCUT2D eigenvalue weighted by molar-refractivity contribution is -0.126. The highest BCUT2D eigenvalue weighted by molar-refractivity contribution is 6.39. The van der Waals surface area contributed by atoms with Gasteiger partial charge in [0.15, 0.2) is 0 Å². The Morgan fingerprint density at radius 3 is 2.11 bits per heavy atom. The third-order valence-electron chi connectivity index (χ3n) is 4.48. The van der Waals surface area contributed by atoms with Crippen molar-refractivity contribution in [1.29, 1.82) is 0 Å². The molecule has 1 saturated heterocycles. The Morgan fingerprint density at radius 1 is 1.00 bits per heavy atom. The van der Waals surface area contributed by atoms with Crippen molar-refractivity contribution in [2.24, 2.45) is 5.10 Å². The van der Waals surface area contributed by atoms with Gasteiger partial charge in [-0.25, -0.2) is 5.43 Å². The van der Waals surface area contributed by atoms with E-state index in [0.29, 0.717) is 43.9 Å². The predicted octanol–water partition coefficient (Wildman–Crippen LogP) is 1.02.